The Morgan fingerprint density at radius 1 is 1.19 bits per heavy atom. The number of hydrogen-bond acceptors (Lipinski definition) is 4. The van der Waals surface area contributed by atoms with Crippen molar-refractivity contribution in [2.24, 2.45) is 5.73 Å². The summed E-state index contributed by atoms with van der Waals surface area (Å²) in [5.74, 6) is 0. The summed E-state index contributed by atoms with van der Waals surface area (Å²) in [6.07, 6.45) is 2.76. The predicted molar refractivity (Wildman–Crippen MR) is 88.3 cm³/mol. The van der Waals surface area contributed by atoms with Crippen LogP contribution in [0.15, 0.2) is 24.3 Å². The molecule has 0 radical (unpaired) electrons. The molecule has 3 rings (SSSR count). The van der Waals surface area contributed by atoms with Crippen LogP contribution < -0.4 is 5.73 Å². The van der Waals surface area contributed by atoms with Crippen molar-refractivity contribution in [1.82, 2.24) is 14.8 Å². The average Bonchev–Trinajstić information content (AvgIpc) is 3.08. The molecule has 0 saturated heterocycles. The van der Waals surface area contributed by atoms with Gasteiger partial charge in [-0.15, -0.1) is 0 Å². The molecule has 0 fully saturated rings. The monoisotopic (exact) mass is 300 g/mol. The molecule has 2 heterocycles. The van der Waals surface area contributed by atoms with Gasteiger partial charge in [-0.3, -0.25) is 0 Å². The normalized spacial score (nSPS) is 11.4. The fraction of sp³-hybridized carbons (Fsp3) is 0.375. The number of benzene rings is 1. The molecule has 0 atom stereocenters. The summed E-state index contributed by atoms with van der Waals surface area (Å²) in [6, 6.07) is 8.22. The lowest BCUT2D eigenvalue weighted by Crippen LogP contribution is -2.07. The molecule has 2 N–H and O–H groups in total. The van der Waals surface area contributed by atoms with E-state index in [1.165, 1.54) is 16.0 Å². The summed E-state index contributed by atoms with van der Waals surface area (Å²) >= 11 is 1.69. The number of aromatic nitrogens is 3. The maximum Gasteiger partial charge on any atom is 0.211 e. The fourth-order valence-electron chi connectivity index (χ4n) is 2.72. The number of para-hydroxylation sites is 1. The van der Waals surface area contributed by atoms with Crippen LogP contribution in [0, 0.1) is 0 Å². The van der Waals surface area contributed by atoms with E-state index in [2.05, 4.69) is 19.9 Å². The van der Waals surface area contributed by atoms with Crippen molar-refractivity contribution in [3.05, 3.63) is 41.2 Å². The van der Waals surface area contributed by atoms with Gasteiger partial charge in [0, 0.05) is 0 Å². The predicted octanol–water partition coefficient (Wildman–Crippen LogP) is 3.11. The minimum atomic E-state index is 0.658. The standard InChI is InChI=1S/C16H20N4S/c1-3-12-11(9-10-17)14(4-2)20(19-12)16-18-13-7-5-6-8-15(13)21-16/h5-8H,3-4,9-10,17H2,1-2H3. The number of thiazole rings is 1. The van der Waals surface area contributed by atoms with Crippen molar-refractivity contribution in [1.29, 1.82) is 0 Å². The molecule has 0 unspecified atom stereocenters. The number of nitrogens with two attached hydrogens (primary N) is 1. The van der Waals surface area contributed by atoms with E-state index in [0.29, 0.717) is 6.54 Å². The second-order valence-corrected chi connectivity index (χ2v) is 6.00. The van der Waals surface area contributed by atoms with Crippen molar-refractivity contribution in [2.45, 2.75) is 33.1 Å². The zero-order valence-corrected chi connectivity index (χ0v) is 13.3. The minimum Gasteiger partial charge on any atom is -0.330 e. The van der Waals surface area contributed by atoms with E-state index in [1.54, 1.807) is 11.3 Å². The van der Waals surface area contributed by atoms with Crippen LogP contribution in [0.5, 0.6) is 0 Å². The molecule has 1 aromatic carbocycles. The van der Waals surface area contributed by atoms with Crippen LogP contribution in [0.2, 0.25) is 0 Å². The second-order valence-electron chi connectivity index (χ2n) is 4.99. The first-order valence-electron chi connectivity index (χ1n) is 7.44. The summed E-state index contributed by atoms with van der Waals surface area (Å²) in [5, 5.41) is 5.74. The van der Waals surface area contributed by atoms with Crippen LogP contribution in [0.3, 0.4) is 0 Å². The van der Waals surface area contributed by atoms with E-state index in [9.17, 15) is 0 Å². The van der Waals surface area contributed by atoms with E-state index in [1.807, 2.05) is 22.9 Å². The van der Waals surface area contributed by atoms with Crippen LogP contribution >= 0.6 is 11.3 Å². The molecule has 0 saturated carbocycles. The lowest BCUT2D eigenvalue weighted by Gasteiger charge is -2.04. The summed E-state index contributed by atoms with van der Waals surface area (Å²) in [6.45, 7) is 4.97. The van der Waals surface area contributed by atoms with Crippen molar-refractivity contribution in [2.75, 3.05) is 6.54 Å². The van der Waals surface area contributed by atoms with Gasteiger partial charge in [-0.2, -0.15) is 5.10 Å². The Morgan fingerprint density at radius 3 is 2.67 bits per heavy atom. The molecular weight excluding hydrogens is 280 g/mol. The zero-order chi connectivity index (χ0) is 14.8. The molecule has 0 aliphatic rings. The topological polar surface area (TPSA) is 56.7 Å². The molecule has 2 aromatic heterocycles. The largest absolute Gasteiger partial charge is 0.330 e. The van der Waals surface area contributed by atoms with Gasteiger partial charge in [0.25, 0.3) is 0 Å². The first-order valence-corrected chi connectivity index (χ1v) is 8.25. The van der Waals surface area contributed by atoms with Crippen molar-refractivity contribution >= 4 is 21.6 Å². The molecule has 0 aliphatic carbocycles. The Labute approximate surface area is 128 Å². The van der Waals surface area contributed by atoms with E-state index >= 15 is 0 Å². The zero-order valence-electron chi connectivity index (χ0n) is 12.5. The maximum absolute atomic E-state index is 5.77. The summed E-state index contributed by atoms with van der Waals surface area (Å²) in [5.41, 5.74) is 10.5. The van der Waals surface area contributed by atoms with Crippen LogP contribution in [-0.2, 0) is 19.3 Å². The Morgan fingerprint density at radius 2 is 2.00 bits per heavy atom. The number of rotatable bonds is 5. The Hall–Kier alpha value is -1.72. The van der Waals surface area contributed by atoms with Gasteiger partial charge in [0.15, 0.2) is 0 Å². The van der Waals surface area contributed by atoms with Gasteiger partial charge < -0.3 is 5.73 Å². The third kappa shape index (κ3) is 2.47. The van der Waals surface area contributed by atoms with Crippen molar-refractivity contribution < 1.29 is 0 Å². The SMILES string of the molecule is CCc1nn(-c2nc3ccccc3s2)c(CC)c1CCN. The number of nitrogens with zero attached hydrogens (tertiary/aromatic N) is 3. The molecule has 4 nitrogen and oxygen atoms in total. The first kappa shape index (κ1) is 14.2. The van der Waals surface area contributed by atoms with E-state index < -0.39 is 0 Å². The molecular formula is C16H20N4S. The smallest absolute Gasteiger partial charge is 0.211 e. The molecule has 0 bridgehead atoms. The highest BCUT2D eigenvalue weighted by atomic mass is 32.1. The molecule has 3 aromatic rings. The Bertz CT molecular complexity index is 724. The lowest BCUT2D eigenvalue weighted by molar-refractivity contribution is 0.788. The quantitative estimate of drug-likeness (QED) is 0.787. The fourth-order valence-corrected chi connectivity index (χ4v) is 3.67. The number of hydrogen-bond donors (Lipinski definition) is 1. The molecule has 0 amide bonds. The summed E-state index contributed by atoms with van der Waals surface area (Å²) < 4.78 is 3.22. The minimum absolute atomic E-state index is 0.658. The molecule has 0 spiro atoms. The van der Waals surface area contributed by atoms with E-state index in [0.717, 1.165) is 35.6 Å². The van der Waals surface area contributed by atoms with Gasteiger partial charge in [-0.1, -0.05) is 37.3 Å². The Balaban J connectivity index is 2.16. The van der Waals surface area contributed by atoms with Gasteiger partial charge in [-0.05, 0) is 43.5 Å². The molecule has 21 heavy (non-hydrogen) atoms. The third-order valence-electron chi connectivity index (χ3n) is 3.70. The van der Waals surface area contributed by atoms with Crippen molar-refractivity contribution in [3.8, 4) is 5.13 Å². The molecule has 5 heteroatoms. The highest BCUT2D eigenvalue weighted by Gasteiger charge is 2.18. The molecule has 0 aliphatic heterocycles. The second kappa shape index (κ2) is 5.95. The summed E-state index contributed by atoms with van der Waals surface area (Å²) in [7, 11) is 0. The van der Waals surface area contributed by atoms with Crippen LogP contribution in [0.1, 0.15) is 30.8 Å². The van der Waals surface area contributed by atoms with Gasteiger partial charge in [0.1, 0.15) is 0 Å². The average molecular weight is 300 g/mol. The highest BCUT2D eigenvalue weighted by Crippen LogP contribution is 2.27. The number of aryl methyl sites for hydroxylation is 1. The number of fused-ring (bicyclic) bond motifs is 1. The van der Waals surface area contributed by atoms with Gasteiger partial charge in [0.2, 0.25) is 5.13 Å². The molecule has 110 valence electrons. The van der Waals surface area contributed by atoms with E-state index in [-0.39, 0.29) is 0 Å². The maximum atomic E-state index is 5.77. The first-order chi connectivity index (χ1) is 10.3. The van der Waals surface area contributed by atoms with Gasteiger partial charge in [0.05, 0.1) is 21.6 Å². The van der Waals surface area contributed by atoms with Crippen molar-refractivity contribution in [3.63, 3.8) is 0 Å². The van der Waals surface area contributed by atoms with E-state index in [4.69, 9.17) is 15.8 Å². The highest BCUT2D eigenvalue weighted by molar-refractivity contribution is 7.20. The lowest BCUT2D eigenvalue weighted by atomic mass is 10.1. The van der Waals surface area contributed by atoms with Gasteiger partial charge >= 0.3 is 0 Å². The van der Waals surface area contributed by atoms with Crippen LogP contribution in [-0.4, -0.2) is 21.3 Å². The van der Waals surface area contributed by atoms with Gasteiger partial charge in [-0.25, -0.2) is 9.67 Å². The Kier molecular flexibility index (Phi) is 4.03. The third-order valence-corrected chi connectivity index (χ3v) is 4.71. The van der Waals surface area contributed by atoms with Crippen LogP contribution in [0.4, 0.5) is 0 Å². The summed E-state index contributed by atoms with van der Waals surface area (Å²) in [4.78, 5) is 4.73. The van der Waals surface area contributed by atoms with Crippen LogP contribution in [0.25, 0.3) is 15.3 Å².